The van der Waals surface area contributed by atoms with E-state index in [0.29, 0.717) is 18.5 Å². The predicted molar refractivity (Wildman–Crippen MR) is 85.6 cm³/mol. The van der Waals surface area contributed by atoms with Gasteiger partial charge in [0.15, 0.2) is 0 Å². The molecule has 0 aromatic carbocycles. The summed E-state index contributed by atoms with van der Waals surface area (Å²) in [6.45, 7) is 1.47. The SMILES string of the molecule is NC1CCCCC1N[C@H]1CCCN(c2ncc(C(F)(F)F)cn2)C1. The molecule has 0 amide bonds. The molecule has 1 aliphatic carbocycles. The zero-order chi connectivity index (χ0) is 17.2. The molecule has 24 heavy (non-hydrogen) atoms. The number of hydrogen-bond acceptors (Lipinski definition) is 5. The van der Waals surface area contributed by atoms with Crippen LogP contribution in [0.25, 0.3) is 0 Å². The van der Waals surface area contributed by atoms with Gasteiger partial charge in [-0.1, -0.05) is 12.8 Å². The number of nitrogens with one attached hydrogen (secondary N) is 1. The van der Waals surface area contributed by atoms with Crippen LogP contribution in [0.4, 0.5) is 19.1 Å². The van der Waals surface area contributed by atoms with Crippen molar-refractivity contribution in [2.45, 2.75) is 62.8 Å². The van der Waals surface area contributed by atoms with Gasteiger partial charge in [0.05, 0.1) is 5.56 Å². The maximum absolute atomic E-state index is 12.6. The molecule has 3 atom stereocenters. The van der Waals surface area contributed by atoms with Crippen molar-refractivity contribution in [3.05, 3.63) is 18.0 Å². The van der Waals surface area contributed by atoms with E-state index in [1.807, 2.05) is 4.90 Å². The number of alkyl halides is 3. The van der Waals surface area contributed by atoms with Gasteiger partial charge < -0.3 is 16.0 Å². The number of nitrogens with zero attached hydrogens (tertiary/aromatic N) is 3. The molecule has 134 valence electrons. The zero-order valence-corrected chi connectivity index (χ0v) is 13.6. The third kappa shape index (κ3) is 4.16. The van der Waals surface area contributed by atoms with Crippen molar-refractivity contribution < 1.29 is 13.2 Å². The van der Waals surface area contributed by atoms with Crippen molar-refractivity contribution in [2.75, 3.05) is 18.0 Å². The van der Waals surface area contributed by atoms with Gasteiger partial charge in [-0.2, -0.15) is 13.2 Å². The highest BCUT2D eigenvalue weighted by molar-refractivity contribution is 5.31. The summed E-state index contributed by atoms with van der Waals surface area (Å²) in [4.78, 5) is 9.77. The molecule has 1 aliphatic heterocycles. The molecule has 2 unspecified atom stereocenters. The molecule has 8 heteroatoms. The molecule has 2 fully saturated rings. The summed E-state index contributed by atoms with van der Waals surface area (Å²) in [5, 5.41) is 3.64. The smallest absolute Gasteiger partial charge is 0.339 e. The standard InChI is InChI=1S/C16H24F3N5/c17-16(18,19)11-8-21-15(22-9-11)24-7-3-4-12(10-24)23-14-6-2-1-5-13(14)20/h8-9,12-14,23H,1-7,10,20H2/t12-,13?,14?/m0/s1. The number of aromatic nitrogens is 2. The average Bonchev–Trinajstić information content (AvgIpc) is 2.57. The van der Waals surface area contributed by atoms with E-state index in [9.17, 15) is 13.2 Å². The highest BCUT2D eigenvalue weighted by Gasteiger charge is 2.32. The maximum atomic E-state index is 12.6. The normalized spacial score (nSPS) is 28.8. The molecule has 1 saturated carbocycles. The monoisotopic (exact) mass is 343 g/mol. The third-order valence-corrected chi connectivity index (χ3v) is 4.94. The number of anilines is 1. The Kier molecular flexibility index (Phi) is 5.24. The lowest BCUT2D eigenvalue weighted by Crippen LogP contribution is -2.55. The largest absolute Gasteiger partial charge is 0.419 e. The van der Waals surface area contributed by atoms with Gasteiger partial charge >= 0.3 is 6.18 Å². The first-order valence-corrected chi connectivity index (χ1v) is 8.59. The number of rotatable bonds is 3. The Hall–Kier alpha value is -1.41. The van der Waals surface area contributed by atoms with Crippen LogP contribution in [0.1, 0.15) is 44.1 Å². The first-order chi connectivity index (χ1) is 11.4. The highest BCUT2D eigenvalue weighted by atomic mass is 19.4. The number of halogens is 3. The topological polar surface area (TPSA) is 67.1 Å². The van der Waals surface area contributed by atoms with E-state index in [1.54, 1.807) is 0 Å². The average molecular weight is 343 g/mol. The number of hydrogen-bond donors (Lipinski definition) is 2. The minimum Gasteiger partial charge on any atom is -0.339 e. The van der Waals surface area contributed by atoms with Crippen LogP contribution in [0.5, 0.6) is 0 Å². The van der Waals surface area contributed by atoms with Crippen LogP contribution in [-0.2, 0) is 6.18 Å². The van der Waals surface area contributed by atoms with Crippen molar-refractivity contribution in [3.8, 4) is 0 Å². The molecule has 2 aliphatic rings. The Labute approximate surface area is 139 Å². The molecule has 0 radical (unpaired) electrons. The Balaban J connectivity index is 1.60. The third-order valence-electron chi connectivity index (χ3n) is 4.94. The van der Waals surface area contributed by atoms with Crippen molar-refractivity contribution in [3.63, 3.8) is 0 Å². The van der Waals surface area contributed by atoms with Crippen LogP contribution in [0, 0.1) is 0 Å². The molecule has 2 heterocycles. The minimum atomic E-state index is -4.40. The molecule has 1 aromatic heterocycles. The minimum absolute atomic E-state index is 0.191. The molecule has 3 rings (SSSR count). The second-order valence-electron chi connectivity index (χ2n) is 6.78. The van der Waals surface area contributed by atoms with E-state index in [1.165, 1.54) is 12.8 Å². The fraction of sp³-hybridized carbons (Fsp3) is 0.750. The molecular formula is C16H24F3N5. The van der Waals surface area contributed by atoms with Crippen LogP contribution in [-0.4, -0.2) is 41.2 Å². The lowest BCUT2D eigenvalue weighted by Gasteiger charge is -2.38. The van der Waals surface area contributed by atoms with Crippen LogP contribution in [0.15, 0.2) is 12.4 Å². The zero-order valence-electron chi connectivity index (χ0n) is 13.6. The fourth-order valence-corrected chi connectivity index (χ4v) is 3.59. The van der Waals surface area contributed by atoms with Crippen LogP contribution in [0.2, 0.25) is 0 Å². The summed E-state index contributed by atoms with van der Waals surface area (Å²) in [5.74, 6) is 0.363. The molecular weight excluding hydrogens is 319 g/mol. The molecule has 1 saturated heterocycles. The highest BCUT2D eigenvalue weighted by Crippen LogP contribution is 2.28. The Morgan fingerprint density at radius 1 is 1.08 bits per heavy atom. The van der Waals surface area contributed by atoms with Gasteiger partial charge in [-0.3, -0.25) is 0 Å². The van der Waals surface area contributed by atoms with Gasteiger partial charge in [0, 0.05) is 43.6 Å². The van der Waals surface area contributed by atoms with Crippen LogP contribution in [0.3, 0.4) is 0 Å². The quantitative estimate of drug-likeness (QED) is 0.882. The molecule has 1 aromatic rings. The van der Waals surface area contributed by atoms with E-state index in [-0.39, 0.29) is 12.1 Å². The number of piperidine rings is 1. The van der Waals surface area contributed by atoms with Gasteiger partial charge in [0.25, 0.3) is 0 Å². The van der Waals surface area contributed by atoms with Crippen molar-refractivity contribution >= 4 is 5.95 Å². The lowest BCUT2D eigenvalue weighted by molar-refractivity contribution is -0.138. The number of nitrogens with two attached hydrogens (primary N) is 1. The van der Waals surface area contributed by atoms with Gasteiger partial charge in [0.2, 0.25) is 5.95 Å². The van der Waals surface area contributed by atoms with Crippen molar-refractivity contribution in [2.24, 2.45) is 5.73 Å². The second kappa shape index (κ2) is 7.23. The van der Waals surface area contributed by atoms with Gasteiger partial charge in [-0.05, 0) is 25.7 Å². The summed E-state index contributed by atoms with van der Waals surface area (Å²) in [5.41, 5.74) is 5.38. The Morgan fingerprint density at radius 3 is 2.46 bits per heavy atom. The van der Waals surface area contributed by atoms with Crippen molar-refractivity contribution in [1.82, 2.24) is 15.3 Å². The van der Waals surface area contributed by atoms with Gasteiger partial charge in [-0.15, -0.1) is 0 Å². The maximum Gasteiger partial charge on any atom is 0.419 e. The fourth-order valence-electron chi connectivity index (χ4n) is 3.59. The summed E-state index contributed by atoms with van der Waals surface area (Å²) in [7, 11) is 0. The first-order valence-electron chi connectivity index (χ1n) is 8.59. The van der Waals surface area contributed by atoms with E-state index in [2.05, 4.69) is 15.3 Å². The predicted octanol–water partition coefficient (Wildman–Crippen LogP) is 2.32. The Morgan fingerprint density at radius 2 is 1.79 bits per heavy atom. The molecule has 0 spiro atoms. The van der Waals surface area contributed by atoms with Gasteiger partial charge in [-0.25, -0.2) is 9.97 Å². The Bertz CT molecular complexity index is 534. The van der Waals surface area contributed by atoms with Crippen LogP contribution < -0.4 is 16.0 Å². The van der Waals surface area contributed by atoms with E-state index in [4.69, 9.17) is 5.73 Å². The molecule has 5 nitrogen and oxygen atoms in total. The van der Waals surface area contributed by atoms with E-state index >= 15 is 0 Å². The summed E-state index contributed by atoms with van der Waals surface area (Å²) < 4.78 is 37.8. The summed E-state index contributed by atoms with van der Waals surface area (Å²) in [6, 6.07) is 0.799. The molecule has 3 N–H and O–H groups in total. The van der Waals surface area contributed by atoms with Crippen molar-refractivity contribution in [1.29, 1.82) is 0 Å². The summed E-state index contributed by atoms with van der Waals surface area (Å²) in [6.07, 6.45) is 3.85. The summed E-state index contributed by atoms with van der Waals surface area (Å²) >= 11 is 0. The van der Waals surface area contributed by atoms with E-state index < -0.39 is 11.7 Å². The first kappa shape index (κ1) is 17.4. The van der Waals surface area contributed by atoms with Gasteiger partial charge in [0.1, 0.15) is 0 Å². The van der Waals surface area contributed by atoms with E-state index in [0.717, 1.165) is 44.6 Å². The van der Waals surface area contributed by atoms with Crippen LogP contribution >= 0.6 is 0 Å². The lowest BCUT2D eigenvalue weighted by atomic mass is 9.90. The second-order valence-corrected chi connectivity index (χ2v) is 6.78. The molecule has 0 bridgehead atoms.